The largest absolute Gasteiger partial charge is 0.460 e. The van der Waals surface area contributed by atoms with Gasteiger partial charge in [0.1, 0.15) is 18.9 Å². The number of non-ortho nitro benzene ring substituents is 1. The highest BCUT2D eigenvalue weighted by Crippen LogP contribution is 2.29. The molecule has 0 N–H and O–H groups in total. The molecule has 1 fully saturated rings. The molecule has 0 bridgehead atoms. The van der Waals surface area contributed by atoms with Crippen LogP contribution in [0.5, 0.6) is 0 Å². The fraction of sp³-hybridized carbons (Fsp3) is 0.300. The van der Waals surface area contributed by atoms with Crippen molar-refractivity contribution >= 4 is 17.9 Å². The van der Waals surface area contributed by atoms with Crippen molar-refractivity contribution in [2.75, 3.05) is 0 Å². The fourth-order valence-electron chi connectivity index (χ4n) is 3.11. The Hall–Kier alpha value is -3.10. The molecule has 8 heteroatoms. The molecular formula is C20H20N2O6. The van der Waals surface area contributed by atoms with Gasteiger partial charge in [-0.25, -0.2) is 0 Å². The van der Waals surface area contributed by atoms with Gasteiger partial charge in [-0.1, -0.05) is 30.3 Å². The van der Waals surface area contributed by atoms with Gasteiger partial charge < -0.3 is 9.53 Å². The number of nitro groups is 1. The monoisotopic (exact) mass is 384 g/mol. The first kappa shape index (κ1) is 19.7. The van der Waals surface area contributed by atoms with Crippen LogP contribution < -0.4 is 0 Å². The molecular weight excluding hydrogens is 364 g/mol. The van der Waals surface area contributed by atoms with Crippen molar-refractivity contribution in [3.8, 4) is 0 Å². The number of rotatable bonds is 7. The Labute approximate surface area is 161 Å². The van der Waals surface area contributed by atoms with Gasteiger partial charge in [-0.2, -0.15) is 5.06 Å². The van der Waals surface area contributed by atoms with Gasteiger partial charge in [-0.05, 0) is 30.2 Å². The lowest BCUT2D eigenvalue weighted by molar-refractivity contribution is -0.384. The average molecular weight is 384 g/mol. The Balaban J connectivity index is 1.68. The van der Waals surface area contributed by atoms with Crippen LogP contribution in [0.1, 0.15) is 18.1 Å². The topological polar surface area (TPSA) is 99.0 Å². The first-order chi connectivity index (χ1) is 13.5. The van der Waals surface area contributed by atoms with Crippen molar-refractivity contribution in [3.63, 3.8) is 0 Å². The highest BCUT2D eigenvalue weighted by molar-refractivity contribution is 5.80. The Morgan fingerprint density at radius 2 is 1.86 bits per heavy atom. The van der Waals surface area contributed by atoms with Crippen molar-refractivity contribution in [2.24, 2.45) is 5.92 Å². The van der Waals surface area contributed by atoms with E-state index in [1.54, 1.807) is 6.92 Å². The van der Waals surface area contributed by atoms with E-state index >= 15 is 0 Å². The molecule has 2 aromatic rings. The van der Waals surface area contributed by atoms with E-state index in [4.69, 9.17) is 9.57 Å². The fourth-order valence-corrected chi connectivity index (χ4v) is 3.11. The van der Waals surface area contributed by atoms with E-state index in [1.165, 1.54) is 29.3 Å². The number of carbonyl (C=O) groups excluding carboxylic acids is 2. The summed E-state index contributed by atoms with van der Waals surface area (Å²) in [5.41, 5.74) is 1.51. The summed E-state index contributed by atoms with van der Waals surface area (Å²) in [4.78, 5) is 40.2. The number of benzene rings is 2. The minimum atomic E-state index is -0.856. The average Bonchev–Trinajstić information content (AvgIpc) is 3.02. The molecule has 0 spiro atoms. The second kappa shape index (κ2) is 8.73. The molecule has 0 amide bonds. The molecule has 1 aliphatic heterocycles. The van der Waals surface area contributed by atoms with Crippen LogP contribution >= 0.6 is 0 Å². The van der Waals surface area contributed by atoms with Gasteiger partial charge in [-0.15, -0.1) is 0 Å². The second-order valence-electron chi connectivity index (χ2n) is 6.56. The predicted molar refractivity (Wildman–Crippen MR) is 98.8 cm³/mol. The van der Waals surface area contributed by atoms with Gasteiger partial charge in [0.05, 0.1) is 23.5 Å². The minimum absolute atomic E-state index is 0.0388. The van der Waals surface area contributed by atoms with Crippen LogP contribution in [0.2, 0.25) is 0 Å². The maximum absolute atomic E-state index is 12.7. The summed E-state index contributed by atoms with van der Waals surface area (Å²) >= 11 is 0. The molecule has 3 rings (SSSR count). The summed E-state index contributed by atoms with van der Waals surface area (Å²) in [6.07, 6.45) is 0.270. The van der Waals surface area contributed by atoms with E-state index < -0.39 is 29.0 Å². The van der Waals surface area contributed by atoms with Crippen molar-refractivity contribution < 1.29 is 24.1 Å². The minimum Gasteiger partial charge on any atom is -0.460 e. The molecule has 0 aliphatic carbocycles. The van der Waals surface area contributed by atoms with Crippen LogP contribution in [0.25, 0.3) is 0 Å². The maximum Gasteiger partial charge on any atom is 0.326 e. The highest BCUT2D eigenvalue weighted by Gasteiger charge is 2.46. The van der Waals surface area contributed by atoms with Gasteiger partial charge in [0.15, 0.2) is 0 Å². The Morgan fingerprint density at radius 3 is 2.46 bits per heavy atom. The second-order valence-corrected chi connectivity index (χ2v) is 6.56. The number of nitro benzene ring substituents is 1. The number of esters is 1. The van der Waals surface area contributed by atoms with E-state index in [1.807, 2.05) is 30.3 Å². The molecule has 0 aromatic heterocycles. The molecule has 8 nitrogen and oxygen atoms in total. The van der Waals surface area contributed by atoms with Crippen molar-refractivity contribution in [1.82, 2.24) is 5.06 Å². The quantitative estimate of drug-likeness (QED) is 0.313. The zero-order valence-electron chi connectivity index (χ0n) is 15.3. The van der Waals surface area contributed by atoms with Crippen LogP contribution in [0.3, 0.4) is 0 Å². The SMILES string of the molecule is C[C@H]1ON(Cc2ccccc2)[C@H](C(=O)OCc2ccc([N+](=O)[O-])cc2)[C@@H]1C=O. The summed E-state index contributed by atoms with van der Waals surface area (Å²) in [5, 5.41) is 12.2. The van der Waals surface area contributed by atoms with E-state index in [-0.39, 0.29) is 12.3 Å². The third kappa shape index (κ3) is 4.41. The summed E-state index contributed by atoms with van der Waals surface area (Å²) in [6.45, 7) is 2.03. The first-order valence-corrected chi connectivity index (χ1v) is 8.82. The van der Waals surface area contributed by atoms with Gasteiger partial charge >= 0.3 is 5.97 Å². The Morgan fingerprint density at radius 1 is 1.18 bits per heavy atom. The number of hydroxylamine groups is 2. The molecule has 0 unspecified atom stereocenters. The van der Waals surface area contributed by atoms with Crippen LogP contribution in [0.15, 0.2) is 54.6 Å². The normalized spacial score (nSPS) is 22.0. The smallest absolute Gasteiger partial charge is 0.326 e. The molecule has 28 heavy (non-hydrogen) atoms. The summed E-state index contributed by atoms with van der Waals surface area (Å²) in [5.74, 6) is -1.22. The molecule has 0 saturated carbocycles. The number of hydrogen-bond acceptors (Lipinski definition) is 7. The third-order valence-electron chi connectivity index (χ3n) is 4.63. The zero-order chi connectivity index (χ0) is 20.1. The van der Waals surface area contributed by atoms with Gasteiger partial charge in [0.25, 0.3) is 5.69 Å². The van der Waals surface area contributed by atoms with Crippen molar-refractivity contribution in [1.29, 1.82) is 0 Å². The predicted octanol–water partition coefficient (Wildman–Crippen LogP) is 2.66. The zero-order valence-corrected chi connectivity index (χ0v) is 15.3. The lowest BCUT2D eigenvalue weighted by Crippen LogP contribution is -2.40. The Kier molecular flexibility index (Phi) is 6.13. The molecule has 1 heterocycles. The number of nitrogens with zero attached hydrogens (tertiary/aromatic N) is 2. The van der Waals surface area contributed by atoms with Crippen LogP contribution in [-0.4, -0.2) is 34.4 Å². The number of carbonyl (C=O) groups is 2. The van der Waals surface area contributed by atoms with Crippen molar-refractivity contribution in [2.45, 2.75) is 32.2 Å². The van der Waals surface area contributed by atoms with Gasteiger partial charge in [0, 0.05) is 12.1 Å². The summed E-state index contributed by atoms with van der Waals surface area (Å²) in [6, 6.07) is 14.4. The third-order valence-corrected chi connectivity index (χ3v) is 4.63. The molecule has 146 valence electrons. The van der Waals surface area contributed by atoms with Crippen molar-refractivity contribution in [3.05, 3.63) is 75.8 Å². The number of hydrogen-bond donors (Lipinski definition) is 0. The lowest BCUT2D eigenvalue weighted by Gasteiger charge is -2.22. The summed E-state index contributed by atoms with van der Waals surface area (Å²) < 4.78 is 5.37. The summed E-state index contributed by atoms with van der Waals surface area (Å²) in [7, 11) is 0. The molecule has 0 radical (unpaired) electrons. The number of aldehydes is 1. The molecule has 3 atom stereocenters. The molecule has 1 aliphatic rings. The van der Waals surface area contributed by atoms with E-state index in [9.17, 15) is 19.7 Å². The lowest BCUT2D eigenvalue weighted by atomic mass is 9.97. The number of ether oxygens (including phenoxy) is 1. The highest BCUT2D eigenvalue weighted by atomic mass is 16.7. The first-order valence-electron chi connectivity index (χ1n) is 8.82. The van der Waals surface area contributed by atoms with Gasteiger partial charge in [-0.3, -0.25) is 19.7 Å². The van der Waals surface area contributed by atoms with E-state index in [2.05, 4.69) is 0 Å². The van der Waals surface area contributed by atoms with Crippen LogP contribution in [-0.2, 0) is 32.3 Å². The van der Waals surface area contributed by atoms with Gasteiger partial charge in [0.2, 0.25) is 0 Å². The van der Waals surface area contributed by atoms with E-state index in [0.29, 0.717) is 18.4 Å². The molecule has 1 saturated heterocycles. The van der Waals surface area contributed by atoms with Crippen LogP contribution in [0.4, 0.5) is 5.69 Å². The standard InChI is InChI=1S/C20H20N2O6/c1-14-18(12-23)19(21(28-14)11-15-5-3-2-4-6-15)20(24)27-13-16-7-9-17(10-8-16)22(25)26/h2-10,12,14,18-19H,11,13H2,1H3/t14-,18-,19+/m1/s1. The maximum atomic E-state index is 12.7. The Bertz CT molecular complexity index is 840. The molecule has 2 aromatic carbocycles. The van der Waals surface area contributed by atoms with E-state index in [0.717, 1.165) is 5.56 Å². The van der Waals surface area contributed by atoms with Crippen LogP contribution in [0, 0.1) is 16.0 Å².